The highest BCUT2D eigenvalue weighted by atomic mass is 32.2. The van der Waals surface area contributed by atoms with Crippen LogP contribution in [0.15, 0.2) is 59.5 Å². The molecule has 0 aliphatic rings. The Morgan fingerprint density at radius 1 is 1.11 bits per heavy atom. The summed E-state index contributed by atoms with van der Waals surface area (Å²) in [5.41, 5.74) is 2.28. The Morgan fingerprint density at radius 3 is 2.37 bits per heavy atom. The second-order valence-electron chi connectivity index (χ2n) is 5.87. The number of aromatic nitrogens is 2. The Labute approximate surface area is 157 Å². The zero-order valence-electron chi connectivity index (χ0n) is 14.9. The van der Waals surface area contributed by atoms with Crippen molar-refractivity contribution in [1.29, 1.82) is 0 Å². The van der Waals surface area contributed by atoms with Crippen LogP contribution in [0.25, 0.3) is 11.3 Å². The summed E-state index contributed by atoms with van der Waals surface area (Å²) in [6.07, 6.45) is 1.13. The lowest BCUT2D eigenvalue weighted by Crippen LogP contribution is -2.12. The standard InChI is InChI=1S/C19H19N3O4S/c1-3-26-15-8-4-13(5-9-15)17-12-18(22-21-17)19(23)20-14-6-10-16(11-7-14)27(2,24)25/h4-12H,3H2,1-2H3,(H,20,23)(H,21,22). The molecular formula is C19H19N3O4S. The van der Waals surface area contributed by atoms with Gasteiger partial charge in [-0.2, -0.15) is 5.10 Å². The molecule has 1 aromatic heterocycles. The van der Waals surface area contributed by atoms with E-state index in [1.807, 2.05) is 31.2 Å². The Bertz CT molecular complexity index is 1040. The van der Waals surface area contributed by atoms with Crippen LogP contribution >= 0.6 is 0 Å². The summed E-state index contributed by atoms with van der Waals surface area (Å²) in [6.45, 7) is 2.51. The number of sulfone groups is 1. The summed E-state index contributed by atoms with van der Waals surface area (Å²) in [4.78, 5) is 12.6. The average Bonchev–Trinajstić information content (AvgIpc) is 3.13. The topological polar surface area (TPSA) is 101 Å². The van der Waals surface area contributed by atoms with Crippen LogP contribution in [0.2, 0.25) is 0 Å². The lowest BCUT2D eigenvalue weighted by atomic mass is 10.1. The van der Waals surface area contributed by atoms with E-state index in [1.165, 1.54) is 24.3 Å². The molecule has 0 unspecified atom stereocenters. The van der Waals surface area contributed by atoms with Gasteiger partial charge in [0.15, 0.2) is 9.84 Å². The van der Waals surface area contributed by atoms with Crippen LogP contribution in [0.1, 0.15) is 17.4 Å². The first kappa shape index (κ1) is 18.7. The SMILES string of the molecule is CCOc1ccc(-c2cc(C(=O)Nc3ccc(S(C)(=O)=O)cc3)[nH]n2)cc1. The molecule has 1 amide bonds. The van der Waals surface area contributed by atoms with E-state index in [4.69, 9.17) is 4.74 Å². The van der Waals surface area contributed by atoms with Gasteiger partial charge in [-0.1, -0.05) is 0 Å². The largest absolute Gasteiger partial charge is 0.494 e. The van der Waals surface area contributed by atoms with E-state index >= 15 is 0 Å². The van der Waals surface area contributed by atoms with Crippen molar-refractivity contribution in [3.63, 3.8) is 0 Å². The van der Waals surface area contributed by atoms with Crippen LogP contribution in [0.4, 0.5) is 5.69 Å². The van der Waals surface area contributed by atoms with E-state index in [0.717, 1.165) is 17.6 Å². The fraction of sp³-hybridized carbons (Fsp3) is 0.158. The predicted octanol–water partition coefficient (Wildman–Crippen LogP) is 3.13. The van der Waals surface area contributed by atoms with Gasteiger partial charge in [-0.3, -0.25) is 9.89 Å². The molecule has 0 spiro atoms. The fourth-order valence-corrected chi connectivity index (χ4v) is 3.09. The number of carbonyl (C=O) groups excluding carboxylic acids is 1. The van der Waals surface area contributed by atoms with Crippen LogP contribution in [-0.2, 0) is 9.84 Å². The highest BCUT2D eigenvalue weighted by Gasteiger charge is 2.12. The lowest BCUT2D eigenvalue weighted by Gasteiger charge is -2.04. The maximum absolute atomic E-state index is 12.4. The number of H-pyrrole nitrogens is 1. The smallest absolute Gasteiger partial charge is 0.273 e. The second kappa shape index (κ2) is 7.63. The lowest BCUT2D eigenvalue weighted by molar-refractivity contribution is 0.102. The van der Waals surface area contributed by atoms with E-state index in [0.29, 0.717) is 23.7 Å². The number of rotatable bonds is 6. The number of aromatic amines is 1. The molecule has 0 saturated heterocycles. The van der Waals surface area contributed by atoms with Gasteiger partial charge in [-0.15, -0.1) is 0 Å². The molecule has 0 atom stereocenters. The molecule has 140 valence electrons. The summed E-state index contributed by atoms with van der Waals surface area (Å²) >= 11 is 0. The van der Waals surface area contributed by atoms with Crippen LogP contribution in [0, 0.1) is 0 Å². The molecule has 2 N–H and O–H groups in total. The number of ether oxygens (including phenoxy) is 1. The van der Waals surface area contributed by atoms with Crippen molar-refractivity contribution in [1.82, 2.24) is 10.2 Å². The maximum atomic E-state index is 12.4. The number of benzene rings is 2. The summed E-state index contributed by atoms with van der Waals surface area (Å²) in [5.74, 6) is 0.402. The average molecular weight is 385 g/mol. The van der Waals surface area contributed by atoms with Crippen LogP contribution in [0.3, 0.4) is 0 Å². The van der Waals surface area contributed by atoms with Gasteiger partial charge in [0.1, 0.15) is 11.4 Å². The van der Waals surface area contributed by atoms with E-state index in [1.54, 1.807) is 6.07 Å². The molecule has 0 aliphatic heterocycles. The van der Waals surface area contributed by atoms with Gasteiger partial charge in [0.25, 0.3) is 5.91 Å². The maximum Gasteiger partial charge on any atom is 0.273 e. The molecule has 0 fully saturated rings. The Kier molecular flexibility index (Phi) is 5.27. The number of carbonyl (C=O) groups is 1. The first-order chi connectivity index (χ1) is 12.9. The molecule has 0 bridgehead atoms. The Morgan fingerprint density at radius 2 is 1.78 bits per heavy atom. The van der Waals surface area contributed by atoms with Crippen LogP contribution in [-0.4, -0.2) is 37.4 Å². The van der Waals surface area contributed by atoms with Crippen molar-refractivity contribution in [2.24, 2.45) is 0 Å². The van der Waals surface area contributed by atoms with Crippen molar-refractivity contribution in [2.75, 3.05) is 18.2 Å². The number of hydrogen-bond donors (Lipinski definition) is 2. The van der Waals surface area contributed by atoms with Gasteiger partial charge >= 0.3 is 0 Å². The zero-order chi connectivity index (χ0) is 19.4. The fourth-order valence-electron chi connectivity index (χ4n) is 2.46. The van der Waals surface area contributed by atoms with Gasteiger partial charge in [0.2, 0.25) is 0 Å². The number of nitrogens with zero attached hydrogens (tertiary/aromatic N) is 1. The second-order valence-corrected chi connectivity index (χ2v) is 7.89. The minimum atomic E-state index is -3.27. The van der Waals surface area contributed by atoms with E-state index in [2.05, 4.69) is 15.5 Å². The number of nitrogens with one attached hydrogen (secondary N) is 2. The molecule has 0 aliphatic carbocycles. The van der Waals surface area contributed by atoms with Crippen LogP contribution < -0.4 is 10.1 Å². The highest BCUT2D eigenvalue weighted by Crippen LogP contribution is 2.22. The Balaban J connectivity index is 1.71. The monoisotopic (exact) mass is 385 g/mol. The Hall–Kier alpha value is -3.13. The third-order valence-corrected chi connectivity index (χ3v) is 4.95. The van der Waals surface area contributed by atoms with Crippen molar-refractivity contribution in [3.05, 3.63) is 60.3 Å². The van der Waals surface area contributed by atoms with Crippen molar-refractivity contribution in [2.45, 2.75) is 11.8 Å². The summed E-state index contributed by atoms with van der Waals surface area (Å²) in [6, 6.07) is 15.0. The van der Waals surface area contributed by atoms with Gasteiger partial charge in [0.05, 0.1) is 17.2 Å². The zero-order valence-corrected chi connectivity index (χ0v) is 15.7. The quantitative estimate of drug-likeness (QED) is 0.679. The van der Waals surface area contributed by atoms with E-state index in [9.17, 15) is 13.2 Å². The summed E-state index contributed by atoms with van der Waals surface area (Å²) in [5, 5.41) is 9.58. The van der Waals surface area contributed by atoms with Gasteiger partial charge in [-0.25, -0.2) is 8.42 Å². The highest BCUT2D eigenvalue weighted by molar-refractivity contribution is 7.90. The first-order valence-corrected chi connectivity index (χ1v) is 10.2. The molecule has 0 radical (unpaired) electrons. The third kappa shape index (κ3) is 4.53. The minimum Gasteiger partial charge on any atom is -0.494 e. The van der Waals surface area contributed by atoms with Crippen molar-refractivity contribution < 1.29 is 17.9 Å². The van der Waals surface area contributed by atoms with Gasteiger partial charge < -0.3 is 10.1 Å². The molecule has 3 rings (SSSR count). The molecular weight excluding hydrogens is 366 g/mol. The first-order valence-electron chi connectivity index (χ1n) is 8.27. The van der Waals surface area contributed by atoms with E-state index in [-0.39, 0.29) is 10.8 Å². The molecule has 2 aromatic carbocycles. The number of hydrogen-bond acceptors (Lipinski definition) is 5. The molecule has 3 aromatic rings. The minimum absolute atomic E-state index is 0.194. The third-order valence-electron chi connectivity index (χ3n) is 3.82. The van der Waals surface area contributed by atoms with Crippen molar-refractivity contribution in [3.8, 4) is 17.0 Å². The van der Waals surface area contributed by atoms with Gasteiger partial charge in [-0.05, 0) is 61.5 Å². The molecule has 8 heteroatoms. The van der Waals surface area contributed by atoms with E-state index < -0.39 is 9.84 Å². The van der Waals surface area contributed by atoms with Crippen LogP contribution in [0.5, 0.6) is 5.75 Å². The molecule has 1 heterocycles. The number of anilines is 1. The van der Waals surface area contributed by atoms with Gasteiger partial charge in [0, 0.05) is 17.5 Å². The number of amides is 1. The molecule has 0 saturated carbocycles. The summed E-state index contributed by atoms with van der Waals surface area (Å²) in [7, 11) is -3.27. The molecule has 27 heavy (non-hydrogen) atoms. The summed E-state index contributed by atoms with van der Waals surface area (Å²) < 4.78 is 28.4. The normalized spacial score (nSPS) is 11.2. The predicted molar refractivity (Wildman–Crippen MR) is 103 cm³/mol. The van der Waals surface area contributed by atoms with Crippen molar-refractivity contribution >= 4 is 21.4 Å². The molecule has 7 nitrogen and oxygen atoms in total.